The summed E-state index contributed by atoms with van der Waals surface area (Å²) in [7, 11) is 1.40. The van der Waals surface area contributed by atoms with Crippen molar-refractivity contribution < 1.29 is 24.0 Å². The lowest BCUT2D eigenvalue weighted by Crippen LogP contribution is -2.39. The molecule has 12 nitrogen and oxygen atoms in total. The number of hydrogen-bond donors (Lipinski definition) is 2. The Hall–Kier alpha value is -3.02. The Morgan fingerprint density at radius 1 is 1.50 bits per heavy atom. The lowest BCUT2D eigenvalue weighted by Gasteiger charge is -2.06. The quantitative estimate of drug-likeness (QED) is 0.194. The predicted molar refractivity (Wildman–Crippen MR) is 81.1 cm³/mol. The molecule has 1 aromatic rings. The monoisotopic (exact) mass is 342 g/mol. The Labute approximate surface area is 136 Å². The molecule has 0 aliphatic heterocycles. The van der Waals surface area contributed by atoms with Crippen molar-refractivity contribution in [3.05, 3.63) is 22.1 Å². The highest BCUT2D eigenvalue weighted by Crippen LogP contribution is 2.12. The number of nitro groups is 1. The number of nitrogens with zero attached hydrogens (tertiary/aromatic N) is 4. The van der Waals surface area contributed by atoms with Gasteiger partial charge in [0.15, 0.2) is 11.8 Å². The van der Waals surface area contributed by atoms with Crippen LogP contribution in [0.4, 0.5) is 5.82 Å². The first-order valence-electron chi connectivity index (χ1n) is 6.77. The van der Waals surface area contributed by atoms with Crippen molar-refractivity contribution in [2.75, 3.05) is 26.9 Å². The van der Waals surface area contributed by atoms with E-state index in [-0.39, 0.29) is 24.9 Å². The van der Waals surface area contributed by atoms with E-state index in [4.69, 9.17) is 15.2 Å². The van der Waals surface area contributed by atoms with E-state index in [2.05, 4.69) is 15.3 Å². The molecule has 1 amide bonds. The molecule has 0 saturated heterocycles. The standard InChI is InChI=1S/C12H18N6O6/c1-8-15-5-10(18(21)22)17(8)3-4-24-11(20)7-23-6-9(19)16-12(13)14-2/h5H,3-4,6-7H2,1-2H3,(H3,13,14,16,19). The first kappa shape index (κ1) is 19.0. The van der Waals surface area contributed by atoms with Crippen LogP contribution < -0.4 is 11.1 Å². The Morgan fingerprint density at radius 2 is 2.21 bits per heavy atom. The summed E-state index contributed by atoms with van der Waals surface area (Å²) in [6, 6.07) is 0. The number of aryl methyl sites for hydroxylation is 1. The maximum absolute atomic E-state index is 11.4. The summed E-state index contributed by atoms with van der Waals surface area (Å²) in [5.74, 6) is -1.09. The van der Waals surface area contributed by atoms with Gasteiger partial charge in [-0.2, -0.15) is 0 Å². The molecule has 0 unspecified atom stereocenters. The molecule has 0 bridgehead atoms. The molecule has 0 saturated carbocycles. The van der Waals surface area contributed by atoms with E-state index in [1.165, 1.54) is 11.6 Å². The number of rotatable bonds is 8. The molecule has 0 spiro atoms. The Kier molecular flexibility index (Phi) is 7.29. The normalized spacial score (nSPS) is 11.2. The van der Waals surface area contributed by atoms with E-state index >= 15 is 0 Å². The van der Waals surface area contributed by atoms with Crippen molar-refractivity contribution in [3.8, 4) is 0 Å². The second kappa shape index (κ2) is 9.19. The van der Waals surface area contributed by atoms with Crippen molar-refractivity contribution in [2.45, 2.75) is 13.5 Å². The number of aliphatic imine (C=N–C) groups is 1. The van der Waals surface area contributed by atoms with Gasteiger partial charge in [0.05, 0.1) is 0 Å². The second-order valence-corrected chi connectivity index (χ2v) is 4.44. The molecule has 1 rings (SSSR count). The first-order valence-corrected chi connectivity index (χ1v) is 6.77. The molecular weight excluding hydrogens is 324 g/mol. The molecule has 24 heavy (non-hydrogen) atoms. The van der Waals surface area contributed by atoms with E-state index in [1.54, 1.807) is 6.92 Å². The number of ether oxygens (including phenoxy) is 2. The van der Waals surface area contributed by atoms with Gasteiger partial charge >= 0.3 is 11.8 Å². The van der Waals surface area contributed by atoms with Gasteiger partial charge in [0.2, 0.25) is 0 Å². The van der Waals surface area contributed by atoms with Gasteiger partial charge in [-0.25, -0.2) is 14.3 Å². The topological polar surface area (TPSA) is 164 Å². The molecule has 12 heteroatoms. The van der Waals surface area contributed by atoms with E-state index in [1.807, 2.05) is 0 Å². The van der Waals surface area contributed by atoms with Crippen molar-refractivity contribution in [2.24, 2.45) is 10.7 Å². The zero-order valence-corrected chi connectivity index (χ0v) is 13.2. The highest BCUT2D eigenvalue weighted by atomic mass is 16.6. The van der Waals surface area contributed by atoms with Gasteiger partial charge in [-0.3, -0.25) is 15.1 Å². The van der Waals surface area contributed by atoms with E-state index in [0.717, 1.165) is 6.20 Å². The molecule has 0 aromatic carbocycles. The number of nitrogens with one attached hydrogen (secondary N) is 1. The summed E-state index contributed by atoms with van der Waals surface area (Å²) in [5, 5.41) is 13.0. The van der Waals surface area contributed by atoms with Crippen LogP contribution in [0.3, 0.4) is 0 Å². The van der Waals surface area contributed by atoms with Crippen LogP contribution in [0.5, 0.6) is 0 Å². The minimum Gasteiger partial charge on any atom is -0.460 e. The Balaban J connectivity index is 2.29. The zero-order valence-electron chi connectivity index (χ0n) is 13.2. The van der Waals surface area contributed by atoms with E-state index in [9.17, 15) is 19.7 Å². The molecule has 0 atom stereocenters. The van der Waals surface area contributed by atoms with Gasteiger partial charge in [0, 0.05) is 14.0 Å². The minimum absolute atomic E-state index is 0.0662. The third-order valence-electron chi connectivity index (χ3n) is 2.76. The molecule has 1 heterocycles. The molecule has 1 aromatic heterocycles. The number of hydrogen-bond acceptors (Lipinski definition) is 8. The van der Waals surface area contributed by atoms with E-state index < -0.39 is 30.0 Å². The largest absolute Gasteiger partial charge is 0.460 e. The van der Waals surface area contributed by atoms with Gasteiger partial charge in [-0.05, 0) is 4.92 Å². The lowest BCUT2D eigenvalue weighted by atomic mass is 10.5. The average molecular weight is 342 g/mol. The second-order valence-electron chi connectivity index (χ2n) is 4.44. The fourth-order valence-corrected chi connectivity index (χ4v) is 1.63. The summed E-state index contributed by atoms with van der Waals surface area (Å²) in [6.07, 6.45) is 1.13. The highest BCUT2D eigenvalue weighted by molar-refractivity contribution is 5.96. The van der Waals surface area contributed by atoms with E-state index in [0.29, 0.717) is 5.82 Å². The highest BCUT2D eigenvalue weighted by Gasteiger charge is 2.17. The maximum atomic E-state index is 11.4. The van der Waals surface area contributed by atoms with Gasteiger partial charge < -0.3 is 25.3 Å². The smallest absolute Gasteiger partial charge is 0.342 e. The SMILES string of the molecule is CN=C(N)NC(=O)COCC(=O)OCCn1c([N+](=O)[O-])cnc1C. The molecule has 0 aliphatic carbocycles. The van der Waals surface area contributed by atoms with Crippen LogP contribution in [0, 0.1) is 17.0 Å². The maximum Gasteiger partial charge on any atom is 0.342 e. The number of amides is 1. The van der Waals surface area contributed by atoms with Crippen molar-refractivity contribution in [3.63, 3.8) is 0 Å². The summed E-state index contributed by atoms with van der Waals surface area (Å²) in [4.78, 5) is 40.3. The number of aromatic nitrogens is 2. The summed E-state index contributed by atoms with van der Waals surface area (Å²) in [6.45, 7) is 0.751. The van der Waals surface area contributed by atoms with Crippen LogP contribution >= 0.6 is 0 Å². The van der Waals surface area contributed by atoms with Crippen LogP contribution in [0.2, 0.25) is 0 Å². The van der Waals surface area contributed by atoms with Crippen LogP contribution in [-0.4, -0.2) is 59.2 Å². The van der Waals surface area contributed by atoms with Gasteiger partial charge in [-0.15, -0.1) is 0 Å². The first-order chi connectivity index (χ1) is 11.3. The number of carbonyl (C=O) groups excluding carboxylic acids is 2. The number of guanidine groups is 1. The Morgan fingerprint density at radius 3 is 2.83 bits per heavy atom. The van der Waals surface area contributed by atoms with Crippen LogP contribution in [0.15, 0.2) is 11.2 Å². The fraction of sp³-hybridized carbons (Fsp3) is 0.500. The molecule has 0 fully saturated rings. The summed E-state index contributed by atoms with van der Waals surface area (Å²) < 4.78 is 11.0. The number of esters is 1. The van der Waals surface area contributed by atoms with Gasteiger partial charge in [0.25, 0.3) is 5.91 Å². The molecule has 0 aliphatic rings. The number of nitrogens with two attached hydrogens (primary N) is 1. The third kappa shape index (κ3) is 6.00. The number of imidazole rings is 1. The summed E-state index contributed by atoms with van der Waals surface area (Å²) >= 11 is 0. The van der Waals surface area contributed by atoms with Crippen LogP contribution in [0.25, 0.3) is 0 Å². The fourth-order valence-electron chi connectivity index (χ4n) is 1.63. The van der Waals surface area contributed by atoms with Gasteiger partial charge in [-0.1, -0.05) is 0 Å². The zero-order chi connectivity index (χ0) is 18.1. The predicted octanol–water partition coefficient (Wildman–Crippen LogP) is -1.28. The minimum atomic E-state index is -0.708. The van der Waals surface area contributed by atoms with Crippen molar-refractivity contribution in [1.29, 1.82) is 0 Å². The van der Waals surface area contributed by atoms with Crippen LogP contribution in [-0.2, 0) is 25.6 Å². The van der Waals surface area contributed by atoms with Gasteiger partial charge in [0.1, 0.15) is 32.6 Å². The lowest BCUT2D eigenvalue weighted by molar-refractivity contribution is -0.392. The molecular formula is C12H18N6O6. The van der Waals surface area contributed by atoms with Crippen molar-refractivity contribution in [1.82, 2.24) is 14.9 Å². The molecule has 0 radical (unpaired) electrons. The van der Waals surface area contributed by atoms with Crippen LogP contribution in [0.1, 0.15) is 5.82 Å². The Bertz CT molecular complexity index is 640. The molecule has 3 N–H and O–H groups in total. The summed E-state index contributed by atoms with van der Waals surface area (Å²) in [5.41, 5.74) is 5.28. The molecule has 132 valence electrons. The number of carbonyl (C=O) groups is 2. The third-order valence-corrected chi connectivity index (χ3v) is 2.76. The van der Waals surface area contributed by atoms with Crippen molar-refractivity contribution >= 4 is 23.7 Å². The average Bonchev–Trinajstić information content (AvgIpc) is 2.88.